The Morgan fingerprint density at radius 1 is 0.146 bits per heavy atom. The van der Waals surface area contributed by atoms with Gasteiger partial charge < -0.3 is 0 Å². The van der Waals surface area contributed by atoms with Crippen LogP contribution in [0, 0.1) is 71.0 Å². The monoisotopic (exact) mass is 876 g/mol. The Morgan fingerprint density at radius 3 is 0.312 bits per heavy atom. The molecule has 0 spiro atoms. The van der Waals surface area contributed by atoms with Crippen LogP contribution in [0.25, 0.3) is 0 Å². The Bertz CT molecular complexity index is 645. The van der Waals surface area contributed by atoms with Crippen LogP contribution in [0.2, 0.25) is 0 Å². The summed E-state index contributed by atoms with van der Waals surface area (Å²) in [5.41, 5.74) is 0. The lowest BCUT2D eigenvalue weighted by atomic mass is 9.77. The third-order valence-corrected chi connectivity index (χ3v) is 28.3. The van der Waals surface area contributed by atoms with E-state index in [1.807, 2.05) is 0 Å². The van der Waals surface area contributed by atoms with Gasteiger partial charge in [0.2, 0.25) is 0 Å². The first-order valence-electron chi connectivity index (χ1n) is 19.2. The van der Waals surface area contributed by atoms with Crippen LogP contribution < -0.4 is 0 Å². The molecular weight excluding hydrogens is 817 g/mol. The van der Waals surface area contributed by atoms with E-state index in [1.54, 1.807) is 0 Å². The molecule has 4 heterocycles. The summed E-state index contributed by atoms with van der Waals surface area (Å²) in [4.78, 5) is 0. The molecule has 0 atom stereocenters. The van der Waals surface area contributed by atoms with Crippen LogP contribution in [0.4, 0.5) is 0 Å². The summed E-state index contributed by atoms with van der Waals surface area (Å²) in [7, 11) is 27.4. The van der Waals surface area contributed by atoms with Crippen molar-refractivity contribution in [3.63, 3.8) is 0 Å². The first-order valence-corrected chi connectivity index (χ1v) is 34.1. The van der Waals surface area contributed by atoms with E-state index in [-0.39, 0.29) is 0 Å². The van der Waals surface area contributed by atoms with Gasteiger partial charge in [0, 0.05) is 69.0 Å². The van der Waals surface area contributed by atoms with Crippen molar-refractivity contribution >= 4 is 130 Å². The zero-order valence-corrected chi connectivity index (χ0v) is 38.6. The molecule has 0 nitrogen and oxygen atoms in total. The van der Waals surface area contributed by atoms with E-state index in [1.165, 1.54) is 146 Å². The van der Waals surface area contributed by atoms with E-state index in [4.69, 9.17) is 0 Å². The van der Waals surface area contributed by atoms with Crippen LogP contribution in [0.1, 0.15) is 77.0 Å². The Kier molecular flexibility index (Phi) is 18.7. The van der Waals surface area contributed by atoms with E-state index in [0.29, 0.717) is 0 Å². The van der Waals surface area contributed by atoms with E-state index >= 15 is 0 Å². The maximum atomic E-state index is 2.28. The van der Waals surface area contributed by atoms with Gasteiger partial charge in [0.1, 0.15) is 0 Å². The topological polar surface area (TPSA) is 0 Å². The lowest BCUT2D eigenvalue weighted by Gasteiger charge is -2.35. The highest BCUT2D eigenvalue weighted by atomic mass is 33.1. The second kappa shape index (κ2) is 22.2. The molecule has 4 saturated heterocycles. The molecule has 12 heteroatoms. The lowest BCUT2D eigenvalue weighted by Crippen LogP contribution is -2.27. The van der Waals surface area contributed by atoms with E-state index < -0.39 is 0 Å². The van der Waals surface area contributed by atoms with Crippen LogP contribution in [-0.2, 0) is 0 Å². The fourth-order valence-corrected chi connectivity index (χ4v) is 27.3. The summed E-state index contributed by atoms with van der Waals surface area (Å²) < 4.78 is 0. The minimum atomic E-state index is 0.954. The molecule has 0 radical (unpaired) electrons. The molecule has 0 aromatic carbocycles. The van der Waals surface area contributed by atoms with E-state index in [2.05, 4.69) is 130 Å². The van der Waals surface area contributed by atoms with Crippen molar-refractivity contribution in [2.45, 2.75) is 77.0 Å². The summed E-state index contributed by atoms with van der Waals surface area (Å²) in [6.45, 7) is 0. The molecule has 4 saturated carbocycles. The first kappa shape index (κ1) is 40.4. The Labute approximate surface area is 342 Å². The number of hydrogen-bond acceptors (Lipinski definition) is 12. The first-order chi connectivity index (χ1) is 23.7. The smallest absolute Gasteiger partial charge is 0.00655 e. The third kappa shape index (κ3) is 13.7. The maximum Gasteiger partial charge on any atom is 0.00655 e. The average Bonchev–Trinajstić information content (AvgIpc) is 3.08. The van der Waals surface area contributed by atoms with Gasteiger partial charge >= 0.3 is 0 Å². The maximum absolute atomic E-state index is 2.28. The van der Waals surface area contributed by atoms with Gasteiger partial charge in [-0.3, -0.25) is 0 Å². The predicted molar refractivity (Wildman–Crippen MR) is 247 cm³/mol. The van der Waals surface area contributed by atoms with Gasteiger partial charge in [-0.05, 0) is 148 Å². The summed E-state index contributed by atoms with van der Waals surface area (Å²) in [5, 5.41) is 0. The standard InChI is InChI=1S/C36H60S12/c1-25-2-27-3-26(1)14-38-40-17-29-5-31-9-33(7-29)22-46-48-24-36-11-34(18-42-41-15-27)10-35(12-36)23-47-45-21-32-6-28(16-39-37-13-25)4-30(8-32)19-43-44-20-31/h25-36H,1-24H2. The molecular formula is C36H60S12. The second-order valence-electron chi connectivity index (χ2n) is 16.6. The summed E-state index contributed by atoms with van der Waals surface area (Å²) in [6.07, 6.45) is 18.2. The molecule has 0 aromatic heterocycles. The van der Waals surface area contributed by atoms with Crippen LogP contribution in [0.15, 0.2) is 0 Å². The van der Waals surface area contributed by atoms with Gasteiger partial charge in [0.15, 0.2) is 0 Å². The third-order valence-electron chi connectivity index (χ3n) is 12.1. The van der Waals surface area contributed by atoms with Crippen molar-refractivity contribution < 1.29 is 0 Å². The molecule has 0 unspecified atom stereocenters. The highest BCUT2D eigenvalue weighted by Gasteiger charge is 2.34. The SMILES string of the molecule is C1SSCC2CC3CSSCC4CC5CSSCC6CC1CC(CSSCC1CC(CSSCC(C2)C3)CC(CSSCC(C5)C4)C1)C6. The van der Waals surface area contributed by atoms with Crippen molar-refractivity contribution in [1.82, 2.24) is 0 Å². The lowest BCUT2D eigenvalue weighted by molar-refractivity contribution is 0.243. The molecule has 48 heavy (non-hydrogen) atoms. The zero-order chi connectivity index (χ0) is 32.4. The van der Waals surface area contributed by atoms with E-state index in [0.717, 1.165) is 71.0 Å². The normalized spacial score (nSPS) is 45.0. The molecule has 4 aliphatic heterocycles. The average molecular weight is 878 g/mol. The van der Waals surface area contributed by atoms with Crippen LogP contribution in [0.5, 0.6) is 0 Å². The van der Waals surface area contributed by atoms with Gasteiger partial charge in [-0.15, -0.1) is 0 Å². The van der Waals surface area contributed by atoms with Gasteiger partial charge in [-0.2, -0.15) is 0 Å². The fraction of sp³-hybridized carbons (Fsp3) is 1.00. The van der Waals surface area contributed by atoms with Gasteiger partial charge in [-0.1, -0.05) is 130 Å². The van der Waals surface area contributed by atoms with Crippen LogP contribution >= 0.6 is 130 Å². The number of hydrogen-bond donors (Lipinski definition) is 0. The minimum Gasteiger partial charge on any atom is -0.0939 e. The quantitative estimate of drug-likeness (QED) is 0.213. The number of rotatable bonds is 0. The number of fused-ring (bicyclic) bond motifs is 18. The second-order valence-corrected chi connectivity index (χ2v) is 31.9. The van der Waals surface area contributed by atoms with Crippen LogP contribution in [-0.4, -0.2) is 69.0 Å². The molecule has 12 bridgehead atoms. The van der Waals surface area contributed by atoms with Crippen molar-refractivity contribution in [3.05, 3.63) is 0 Å². The fourth-order valence-electron chi connectivity index (χ4n) is 10.2. The zero-order valence-electron chi connectivity index (χ0n) is 28.8. The van der Waals surface area contributed by atoms with Crippen molar-refractivity contribution in [2.24, 2.45) is 71.0 Å². The Hall–Kier alpha value is 4.20. The van der Waals surface area contributed by atoms with Crippen molar-refractivity contribution in [1.29, 1.82) is 0 Å². The summed E-state index contributed by atoms with van der Waals surface area (Å²) in [6, 6.07) is 0. The van der Waals surface area contributed by atoms with E-state index in [9.17, 15) is 0 Å². The minimum absolute atomic E-state index is 0.954. The summed E-state index contributed by atoms with van der Waals surface area (Å²) in [5.74, 6) is 28.4. The molecule has 8 aliphatic rings. The molecule has 0 amide bonds. The summed E-state index contributed by atoms with van der Waals surface area (Å²) >= 11 is 0. The van der Waals surface area contributed by atoms with Gasteiger partial charge in [0.25, 0.3) is 0 Å². The molecule has 0 aromatic rings. The molecule has 4 aliphatic carbocycles. The van der Waals surface area contributed by atoms with Crippen molar-refractivity contribution in [3.8, 4) is 0 Å². The molecule has 0 N–H and O–H groups in total. The van der Waals surface area contributed by atoms with Crippen molar-refractivity contribution in [2.75, 3.05) is 69.0 Å². The Balaban J connectivity index is 1.13. The van der Waals surface area contributed by atoms with Gasteiger partial charge in [0.05, 0.1) is 0 Å². The molecule has 276 valence electrons. The highest BCUT2D eigenvalue weighted by molar-refractivity contribution is 8.78. The van der Waals surface area contributed by atoms with Crippen LogP contribution in [0.3, 0.4) is 0 Å². The largest absolute Gasteiger partial charge is 0.0939 e. The molecule has 8 fully saturated rings. The Morgan fingerprint density at radius 2 is 0.229 bits per heavy atom. The predicted octanol–water partition coefficient (Wildman–Crippen LogP) is 14.4. The molecule has 8 rings (SSSR count). The highest BCUT2D eigenvalue weighted by Crippen LogP contribution is 2.49. The van der Waals surface area contributed by atoms with Gasteiger partial charge in [-0.25, -0.2) is 0 Å².